The van der Waals surface area contributed by atoms with E-state index in [0.29, 0.717) is 18.1 Å². The molecule has 208 valence electrons. The molecule has 0 saturated heterocycles. The van der Waals surface area contributed by atoms with Crippen LogP contribution in [0, 0.1) is 0 Å². The summed E-state index contributed by atoms with van der Waals surface area (Å²) in [6, 6.07) is 27.9. The maximum absolute atomic E-state index is 12.9. The second kappa shape index (κ2) is 13.2. The van der Waals surface area contributed by atoms with Crippen molar-refractivity contribution in [3.05, 3.63) is 125 Å². The van der Waals surface area contributed by atoms with Gasteiger partial charge in [0, 0.05) is 48.2 Å². The summed E-state index contributed by atoms with van der Waals surface area (Å²) < 4.78 is 2.28. The van der Waals surface area contributed by atoms with Gasteiger partial charge in [-0.05, 0) is 48.8 Å². The van der Waals surface area contributed by atoms with Gasteiger partial charge in [0.2, 0.25) is 0 Å². The Kier molecular flexibility index (Phi) is 9.03. The highest BCUT2D eigenvalue weighted by Gasteiger charge is 2.14. The molecule has 0 aliphatic carbocycles. The van der Waals surface area contributed by atoms with Gasteiger partial charge in [0.15, 0.2) is 5.13 Å². The van der Waals surface area contributed by atoms with Crippen molar-refractivity contribution in [3.8, 4) is 0 Å². The molecule has 41 heavy (non-hydrogen) atoms. The highest BCUT2D eigenvalue weighted by molar-refractivity contribution is 7.14. The van der Waals surface area contributed by atoms with Crippen LogP contribution in [0.5, 0.6) is 0 Å². The molecule has 0 atom stereocenters. The van der Waals surface area contributed by atoms with Gasteiger partial charge in [-0.3, -0.25) is 14.9 Å². The fourth-order valence-electron chi connectivity index (χ4n) is 4.69. The number of nitrogens with one attached hydrogen (secondary N) is 2. The summed E-state index contributed by atoms with van der Waals surface area (Å²) in [4.78, 5) is 32.3. The van der Waals surface area contributed by atoms with Gasteiger partial charge in [-0.25, -0.2) is 4.98 Å². The third-order valence-electron chi connectivity index (χ3n) is 6.75. The average molecular weight is 564 g/mol. The van der Waals surface area contributed by atoms with E-state index in [2.05, 4.69) is 63.6 Å². The van der Waals surface area contributed by atoms with E-state index in [9.17, 15) is 9.59 Å². The average Bonchev–Trinajstić information content (AvgIpc) is 3.60. The van der Waals surface area contributed by atoms with Gasteiger partial charge < -0.3 is 14.8 Å². The summed E-state index contributed by atoms with van der Waals surface area (Å²) in [5.41, 5.74) is 5.37. The Bertz CT molecular complexity index is 1610. The lowest BCUT2D eigenvalue weighted by molar-refractivity contribution is -0.111. The van der Waals surface area contributed by atoms with Crippen molar-refractivity contribution in [2.24, 2.45) is 0 Å². The molecule has 0 fully saturated rings. The minimum atomic E-state index is -0.306. The molecule has 0 aliphatic heterocycles. The zero-order valence-electron chi connectivity index (χ0n) is 23.2. The number of aromatic nitrogens is 2. The van der Waals surface area contributed by atoms with Crippen molar-refractivity contribution in [1.82, 2.24) is 19.8 Å². The van der Waals surface area contributed by atoms with Crippen molar-refractivity contribution < 1.29 is 9.59 Å². The van der Waals surface area contributed by atoms with Gasteiger partial charge in [0.25, 0.3) is 11.8 Å². The molecule has 0 bridgehead atoms. The molecule has 2 N–H and O–H groups in total. The van der Waals surface area contributed by atoms with E-state index < -0.39 is 0 Å². The molecule has 0 aliphatic rings. The number of likely N-dealkylation sites (N-methyl/N-ethyl adjacent to an activating group) is 1. The number of thiazole rings is 1. The van der Waals surface area contributed by atoms with E-state index in [1.807, 2.05) is 66.7 Å². The number of fused-ring (bicyclic) bond motifs is 1. The number of carbonyl (C=O) groups is 2. The molecule has 0 radical (unpaired) electrons. The van der Waals surface area contributed by atoms with Crippen LogP contribution in [0.4, 0.5) is 5.13 Å². The highest BCUT2D eigenvalue weighted by Crippen LogP contribution is 2.24. The Morgan fingerprint density at radius 2 is 1.59 bits per heavy atom. The van der Waals surface area contributed by atoms with E-state index in [-0.39, 0.29) is 17.5 Å². The Balaban J connectivity index is 1.21. The highest BCUT2D eigenvalue weighted by atomic mass is 32.1. The Hall–Kier alpha value is -4.53. The van der Waals surface area contributed by atoms with Crippen LogP contribution in [0.1, 0.15) is 27.2 Å². The van der Waals surface area contributed by atoms with Gasteiger partial charge in [0.1, 0.15) is 5.69 Å². The SMILES string of the molecule is CN(C)CCn1cc(CCNC(=O)c2csc(NC(=O)C=C(c3ccccc3)c3ccccc3)n2)c2ccccc21. The second-order valence-corrected chi connectivity index (χ2v) is 10.8. The van der Waals surface area contributed by atoms with E-state index in [1.54, 1.807) is 11.5 Å². The van der Waals surface area contributed by atoms with E-state index in [0.717, 1.165) is 29.8 Å². The molecular formula is C33H33N5O2S. The maximum atomic E-state index is 12.9. The lowest BCUT2D eigenvalue weighted by Crippen LogP contribution is -2.26. The van der Waals surface area contributed by atoms with Gasteiger partial charge in [-0.2, -0.15) is 0 Å². The van der Waals surface area contributed by atoms with Crippen LogP contribution in [0.2, 0.25) is 0 Å². The molecule has 7 nitrogen and oxygen atoms in total. The van der Waals surface area contributed by atoms with Crippen LogP contribution >= 0.6 is 11.3 Å². The van der Waals surface area contributed by atoms with Gasteiger partial charge in [0.05, 0.1) is 0 Å². The van der Waals surface area contributed by atoms with E-state index >= 15 is 0 Å². The number of rotatable bonds is 11. The fraction of sp³-hybridized carbons (Fsp3) is 0.182. The number of anilines is 1. The smallest absolute Gasteiger partial charge is 0.270 e. The first kappa shape index (κ1) is 28.0. The molecule has 0 unspecified atom stereocenters. The predicted octanol–water partition coefficient (Wildman–Crippen LogP) is 5.70. The molecule has 2 heterocycles. The number of nitrogens with zero attached hydrogens (tertiary/aromatic N) is 3. The number of para-hydroxylation sites is 1. The Morgan fingerprint density at radius 1 is 0.927 bits per heavy atom. The lowest BCUT2D eigenvalue weighted by Gasteiger charge is -2.10. The minimum Gasteiger partial charge on any atom is -0.350 e. The quantitative estimate of drug-likeness (QED) is 0.202. The van der Waals surface area contributed by atoms with Crippen LogP contribution in [0.25, 0.3) is 16.5 Å². The van der Waals surface area contributed by atoms with Crippen molar-refractivity contribution in [2.45, 2.75) is 13.0 Å². The molecule has 0 saturated carbocycles. The monoisotopic (exact) mass is 563 g/mol. The van der Waals surface area contributed by atoms with E-state index in [1.165, 1.54) is 27.8 Å². The molecular weight excluding hydrogens is 530 g/mol. The number of hydrogen-bond acceptors (Lipinski definition) is 5. The predicted molar refractivity (Wildman–Crippen MR) is 167 cm³/mol. The first-order valence-electron chi connectivity index (χ1n) is 13.6. The number of hydrogen-bond donors (Lipinski definition) is 2. The van der Waals surface area contributed by atoms with Crippen molar-refractivity contribution >= 4 is 44.8 Å². The summed E-state index contributed by atoms with van der Waals surface area (Å²) in [7, 11) is 4.14. The molecule has 2 amide bonds. The van der Waals surface area contributed by atoms with E-state index in [4.69, 9.17) is 0 Å². The molecule has 3 aromatic carbocycles. The summed E-state index contributed by atoms with van der Waals surface area (Å²) in [5, 5.41) is 9.04. The first-order chi connectivity index (χ1) is 20.0. The molecule has 0 spiro atoms. The van der Waals surface area contributed by atoms with Crippen LogP contribution < -0.4 is 10.6 Å². The third-order valence-corrected chi connectivity index (χ3v) is 7.51. The summed E-state index contributed by atoms with van der Waals surface area (Å²) >= 11 is 1.23. The molecule has 5 rings (SSSR count). The molecule has 2 aromatic heterocycles. The van der Waals surface area contributed by atoms with Crippen molar-refractivity contribution in [2.75, 3.05) is 32.5 Å². The fourth-order valence-corrected chi connectivity index (χ4v) is 5.39. The van der Waals surface area contributed by atoms with Gasteiger partial charge in [-0.1, -0.05) is 78.9 Å². The van der Waals surface area contributed by atoms with Crippen LogP contribution in [-0.2, 0) is 17.8 Å². The zero-order chi connectivity index (χ0) is 28.6. The Labute approximate surface area is 244 Å². The number of amides is 2. The number of benzene rings is 3. The largest absolute Gasteiger partial charge is 0.350 e. The minimum absolute atomic E-state index is 0.261. The van der Waals surface area contributed by atoms with Gasteiger partial charge in [-0.15, -0.1) is 11.3 Å². The number of carbonyl (C=O) groups excluding carboxylic acids is 2. The van der Waals surface area contributed by atoms with Gasteiger partial charge >= 0.3 is 0 Å². The van der Waals surface area contributed by atoms with Crippen molar-refractivity contribution in [3.63, 3.8) is 0 Å². The molecule has 5 aromatic rings. The normalized spacial score (nSPS) is 11.0. The standard InChI is InChI=1S/C33H33N5O2S/c1-37(2)19-20-38-22-26(27-15-9-10-16-30(27)38)17-18-34-32(40)29-23-41-33(35-29)36-31(39)21-28(24-11-5-3-6-12-24)25-13-7-4-8-14-25/h3-16,21-23H,17-20H2,1-2H3,(H,34,40)(H,35,36,39). The second-order valence-electron chi connectivity index (χ2n) is 9.99. The summed E-state index contributed by atoms with van der Waals surface area (Å²) in [6.07, 6.45) is 4.46. The van der Waals surface area contributed by atoms with Crippen LogP contribution in [0.15, 0.2) is 103 Å². The maximum Gasteiger partial charge on any atom is 0.270 e. The zero-order valence-corrected chi connectivity index (χ0v) is 24.0. The van der Waals surface area contributed by atoms with Crippen LogP contribution in [-0.4, -0.2) is 53.5 Å². The first-order valence-corrected chi connectivity index (χ1v) is 14.4. The Morgan fingerprint density at radius 3 is 2.27 bits per heavy atom. The lowest BCUT2D eigenvalue weighted by atomic mass is 9.97. The van der Waals surface area contributed by atoms with Crippen molar-refractivity contribution in [1.29, 1.82) is 0 Å². The molecule has 8 heteroatoms. The third kappa shape index (κ3) is 7.16. The summed E-state index contributed by atoms with van der Waals surface area (Å²) in [5.74, 6) is -0.567. The topological polar surface area (TPSA) is 79.3 Å². The summed E-state index contributed by atoms with van der Waals surface area (Å²) in [6.45, 7) is 2.34. The van der Waals surface area contributed by atoms with Crippen LogP contribution in [0.3, 0.4) is 0 Å².